The van der Waals surface area contributed by atoms with Gasteiger partial charge in [-0.1, -0.05) is 12.1 Å². The maximum atomic E-state index is 12.9. The third-order valence-electron chi connectivity index (χ3n) is 4.25. The Labute approximate surface area is 141 Å². The maximum Gasteiger partial charge on any atom is 0.226 e. The molecule has 2 aromatic carbocycles. The molecule has 0 radical (unpaired) electrons. The van der Waals surface area contributed by atoms with E-state index in [-0.39, 0.29) is 17.8 Å². The Kier molecular flexibility index (Phi) is 4.99. The van der Waals surface area contributed by atoms with Crippen molar-refractivity contribution in [2.45, 2.75) is 25.4 Å². The summed E-state index contributed by atoms with van der Waals surface area (Å²) in [7, 11) is 0. The number of nitrogens with zero attached hydrogens (tertiary/aromatic N) is 1. The van der Waals surface area contributed by atoms with Gasteiger partial charge in [0, 0.05) is 31.6 Å². The molecule has 0 saturated carbocycles. The van der Waals surface area contributed by atoms with Crippen LogP contribution < -0.4 is 10.5 Å². The number of rotatable bonds is 4. The summed E-state index contributed by atoms with van der Waals surface area (Å²) in [4.78, 5) is 14.2. The first-order chi connectivity index (χ1) is 11.6. The predicted octanol–water partition coefficient (Wildman–Crippen LogP) is 3.02. The summed E-state index contributed by atoms with van der Waals surface area (Å²) in [6, 6.07) is 13.4. The second-order valence-corrected chi connectivity index (χ2v) is 6.07. The standard InChI is InChI=1S/C19H21FN2O2/c20-15-3-7-17(8-4-15)24-18-9-11-22(12-10-18)19(23)13-14-1-5-16(21)6-2-14/h1-8,18H,9-13,21H2. The first kappa shape index (κ1) is 16.3. The quantitative estimate of drug-likeness (QED) is 0.878. The largest absolute Gasteiger partial charge is 0.490 e. The van der Waals surface area contributed by atoms with E-state index in [1.54, 1.807) is 12.1 Å². The van der Waals surface area contributed by atoms with Gasteiger partial charge in [-0.2, -0.15) is 0 Å². The van der Waals surface area contributed by atoms with Crippen molar-refractivity contribution in [1.82, 2.24) is 4.90 Å². The van der Waals surface area contributed by atoms with Crippen molar-refractivity contribution in [3.8, 4) is 5.75 Å². The number of piperidine rings is 1. The lowest BCUT2D eigenvalue weighted by Crippen LogP contribution is -2.42. The number of amides is 1. The van der Waals surface area contributed by atoms with Crippen LogP contribution in [0.5, 0.6) is 5.75 Å². The second kappa shape index (κ2) is 7.34. The van der Waals surface area contributed by atoms with Crippen LogP contribution in [0.3, 0.4) is 0 Å². The molecule has 0 atom stereocenters. The van der Waals surface area contributed by atoms with Crippen LogP contribution in [0.2, 0.25) is 0 Å². The molecule has 0 aromatic heterocycles. The molecule has 1 heterocycles. The van der Waals surface area contributed by atoms with Crippen molar-refractivity contribution in [2.75, 3.05) is 18.8 Å². The molecule has 1 saturated heterocycles. The van der Waals surface area contributed by atoms with Gasteiger partial charge < -0.3 is 15.4 Å². The molecule has 2 N–H and O–H groups in total. The fraction of sp³-hybridized carbons (Fsp3) is 0.316. The Morgan fingerprint density at radius 3 is 2.33 bits per heavy atom. The van der Waals surface area contributed by atoms with Gasteiger partial charge in [-0.3, -0.25) is 4.79 Å². The highest BCUT2D eigenvalue weighted by Gasteiger charge is 2.23. The van der Waals surface area contributed by atoms with Crippen molar-refractivity contribution in [1.29, 1.82) is 0 Å². The Hall–Kier alpha value is -2.56. The first-order valence-electron chi connectivity index (χ1n) is 8.14. The molecule has 1 amide bonds. The van der Waals surface area contributed by atoms with E-state index in [1.807, 2.05) is 29.2 Å². The van der Waals surface area contributed by atoms with Gasteiger partial charge in [-0.15, -0.1) is 0 Å². The topological polar surface area (TPSA) is 55.6 Å². The predicted molar refractivity (Wildman–Crippen MR) is 91.2 cm³/mol. The molecule has 0 unspecified atom stereocenters. The van der Waals surface area contributed by atoms with E-state index in [0.29, 0.717) is 30.9 Å². The SMILES string of the molecule is Nc1ccc(CC(=O)N2CCC(Oc3ccc(F)cc3)CC2)cc1. The van der Waals surface area contributed by atoms with Gasteiger partial charge in [0.15, 0.2) is 0 Å². The fourth-order valence-electron chi connectivity index (χ4n) is 2.85. The van der Waals surface area contributed by atoms with Gasteiger partial charge in [0.05, 0.1) is 6.42 Å². The van der Waals surface area contributed by atoms with E-state index in [0.717, 1.165) is 18.4 Å². The Balaban J connectivity index is 1.48. The van der Waals surface area contributed by atoms with Crippen molar-refractivity contribution in [3.05, 3.63) is 59.9 Å². The van der Waals surface area contributed by atoms with E-state index in [4.69, 9.17) is 10.5 Å². The highest BCUT2D eigenvalue weighted by molar-refractivity contribution is 5.79. The molecule has 0 aliphatic carbocycles. The van der Waals surface area contributed by atoms with Gasteiger partial charge >= 0.3 is 0 Å². The van der Waals surface area contributed by atoms with E-state index >= 15 is 0 Å². The van der Waals surface area contributed by atoms with Crippen LogP contribution in [0.4, 0.5) is 10.1 Å². The molecule has 4 nitrogen and oxygen atoms in total. The van der Waals surface area contributed by atoms with Gasteiger partial charge in [-0.05, 0) is 42.0 Å². The number of benzene rings is 2. The van der Waals surface area contributed by atoms with Gasteiger partial charge in [-0.25, -0.2) is 4.39 Å². The van der Waals surface area contributed by atoms with Crippen molar-refractivity contribution in [3.63, 3.8) is 0 Å². The molecule has 5 heteroatoms. The number of likely N-dealkylation sites (tertiary alicyclic amines) is 1. The number of nitrogen functional groups attached to an aromatic ring is 1. The van der Waals surface area contributed by atoms with E-state index in [9.17, 15) is 9.18 Å². The summed E-state index contributed by atoms with van der Waals surface area (Å²) >= 11 is 0. The number of hydrogen-bond donors (Lipinski definition) is 1. The lowest BCUT2D eigenvalue weighted by molar-refractivity contribution is -0.132. The van der Waals surface area contributed by atoms with Crippen molar-refractivity contribution < 1.29 is 13.9 Å². The van der Waals surface area contributed by atoms with Gasteiger partial charge in [0.2, 0.25) is 5.91 Å². The minimum Gasteiger partial charge on any atom is -0.490 e. The van der Waals surface area contributed by atoms with Crippen LogP contribution in [0.15, 0.2) is 48.5 Å². The fourth-order valence-corrected chi connectivity index (χ4v) is 2.85. The smallest absolute Gasteiger partial charge is 0.226 e. The summed E-state index contributed by atoms with van der Waals surface area (Å²) in [5.74, 6) is 0.522. The van der Waals surface area contributed by atoms with Crippen LogP contribution in [0.1, 0.15) is 18.4 Å². The molecule has 1 aliphatic rings. The van der Waals surface area contributed by atoms with Crippen LogP contribution in [-0.2, 0) is 11.2 Å². The molecule has 1 aliphatic heterocycles. The zero-order valence-corrected chi connectivity index (χ0v) is 13.5. The molecular weight excluding hydrogens is 307 g/mol. The second-order valence-electron chi connectivity index (χ2n) is 6.07. The Morgan fingerprint density at radius 2 is 1.71 bits per heavy atom. The Morgan fingerprint density at radius 1 is 1.08 bits per heavy atom. The lowest BCUT2D eigenvalue weighted by Gasteiger charge is -2.32. The molecule has 1 fully saturated rings. The Bertz CT molecular complexity index is 678. The minimum atomic E-state index is -0.273. The van der Waals surface area contributed by atoms with Crippen LogP contribution in [0, 0.1) is 5.82 Å². The average molecular weight is 328 g/mol. The van der Waals surface area contributed by atoms with Gasteiger partial charge in [0.25, 0.3) is 0 Å². The molecule has 2 aromatic rings. The van der Waals surface area contributed by atoms with E-state index < -0.39 is 0 Å². The summed E-state index contributed by atoms with van der Waals surface area (Å²) in [5.41, 5.74) is 7.33. The van der Waals surface area contributed by atoms with E-state index in [2.05, 4.69) is 0 Å². The molecule has 24 heavy (non-hydrogen) atoms. The maximum absolute atomic E-state index is 12.9. The zero-order chi connectivity index (χ0) is 16.9. The lowest BCUT2D eigenvalue weighted by atomic mass is 10.1. The summed E-state index contributed by atoms with van der Waals surface area (Å²) in [6.45, 7) is 1.36. The van der Waals surface area contributed by atoms with Crippen LogP contribution >= 0.6 is 0 Å². The molecule has 0 spiro atoms. The number of anilines is 1. The number of ether oxygens (including phenoxy) is 1. The number of hydrogen-bond acceptors (Lipinski definition) is 3. The molecular formula is C19H21FN2O2. The molecule has 126 valence electrons. The highest BCUT2D eigenvalue weighted by Crippen LogP contribution is 2.20. The first-order valence-corrected chi connectivity index (χ1v) is 8.14. The van der Waals surface area contributed by atoms with E-state index in [1.165, 1.54) is 12.1 Å². The normalized spacial score (nSPS) is 15.3. The number of nitrogens with two attached hydrogens (primary N) is 1. The highest BCUT2D eigenvalue weighted by atomic mass is 19.1. The van der Waals surface area contributed by atoms with Crippen molar-refractivity contribution in [2.24, 2.45) is 0 Å². The zero-order valence-electron chi connectivity index (χ0n) is 13.5. The van der Waals surface area contributed by atoms with Crippen molar-refractivity contribution >= 4 is 11.6 Å². The summed E-state index contributed by atoms with van der Waals surface area (Å²) in [5, 5.41) is 0. The summed E-state index contributed by atoms with van der Waals surface area (Å²) < 4.78 is 18.8. The number of halogens is 1. The van der Waals surface area contributed by atoms with Crippen LogP contribution in [0.25, 0.3) is 0 Å². The average Bonchev–Trinajstić information content (AvgIpc) is 2.59. The van der Waals surface area contributed by atoms with Gasteiger partial charge in [0.1, 0.15) is 17.7 Å². The third kappa shape index (κ3) is 4.25. The monoisotopic (exact) mass is 328 g/mol. The molecule has 0 bridgehead atoms. The number of carbonyl (C=O) groups is 1. The summed E-state index contributed by atoms with van der Waals surface area (Å²) in [6.07, 6.45) is 2.02. The minimum absolute atomic E-state index is 0.0658. The number of carbonyl (C=O) groups excluding carboxylic acids is 1. The third-order valence-corrected chi connectivity index (χ3v) is 4.25. The molecule has 3 rings (SSSR count). The van der Waals surface area contributed by atoms with Crippen LogP contribution in [-0.4, -0.2) is 30.0 Å².